The zero-order valence-electron chi connectivity index (χ0n) is 11.4. The van der Waals surface area contributed by atoms with Gasteiger partial charge < -0.3 is 15.3 Å². The number of amides is 2. The molecule has 5 nitrogen and oxygen atoms in total. The van der Waals surface area contributed by atoms with Crippen LogP contribution in [0.15, 0.2) is 18.2 Å². The fraction of sp³-hybridized carbons (Fsp3) is 0.429. The number of carboxylic acid groups (broad SMARTS) is 1. The van der Waals surface area contributed by atoms with Crippen molar-refractivity contribution in [2.75, 3.05) is 11.9 Å². The molecule has 0 spiro atoms. The summed E-state index contributed by atoms with van der Waals surface area (Å²) in [5, 5.41) is 11.5. The highest BCUT2D eigenvalue weighted by Crippen LogP contribution is 2.25. The third-order valence-electron chi connectivity index (χ3n) is 3.51. The first-order chi connectivity index (χ1) is 9.40. The first-order valence-corrected chi connectivity index (χ1v) is 6.49. The normalized spacial score (nSPS) is 21.9. The first kappa shape index (κ1) is 14.3. The van der Waals surface area contributed by atoms with E-state index in [1.807, 2.05) is 6.92 Å². The first-order valence-electron chi connectivity index (χ1n) is 6.49. The molecule has 6 heteroatoms. The van der Waals surface area contributed by atoms with Crippen LogP contribution in [0.3, 0.4) is 0 Å². The van der Waals surface area contributed by atoms with Crippen molar-refractivity contribution >= 4 is 17.7 Å². The third-order valence-corrected chi connectivity index (χ3v) is 3.51. The maximum absolute atomic E-state index is 13.5. The number of aromatic carboxylic acids is 1. The molecule has 2 N–H and O–H groups in total. The van der Waals surface area contributed by atoms with Crippen molar-refractivity contribution in [1.29, 1.82) is 0 Å². The molecule has 108 valence electrons. The van der Waals surface area contributed by atoms with Gasteiger partial charge >= 0.3 is 12.0 Å². The molecule has 2 unspecified atom stereocenters. The molecule has 1 aliphatic rings. The SMILES string of the molecule is CC1CC(C)N(C(=O)Nc2cccc(F)c2C(=O)O)C1. The van der Waals surface area contributed by atoms with Crippen LogP contribution in [-0.2, 0) is 0 Å². The highest BCUT2D eigenvalue weighted by molar-refractivity contribution is 6.00. The number of carboxylic acids is 1. The largest absolute Gasteiger partial charge is 0.478 e. The van der Waals surface area contributed by atoms with E-state index in [0.29, 0.717) is 12.5 Å². The number of hydrogen-bond donors (Lipinski definition) is 2. The lowest BCUT2D eigenvalue weighted by Gasteiger charge is -2.22. The Bertz CT molecular complexity index is 547. The topological polar surface area (TPSA) is 69.6 Å². The average molecular weight is 280 g/mol. The van der Waals surface area contributed by atoms with Crippen molar-refractivity contribution in [3.05, 3.63) is 29.6 Å². The molecule has 1 aromatic rings. The van der Waals surface area contributed by atoms with Gasteiger partial charge in [-0.1, -0.05) is 13.0 Å². The lowest BCUT2D eigenvalue weighted by atomic mass is 10.1. The van der Waals surface area contributed by atoms with Crippen molar-refractivity contribution in [3.8, 4) is 0 Å². The Morgan fingerprint density at radius 3 is 2.65 bits per heavy atom. The van der Waals surface area contributed by atoms with Gasteiger partial charge in [-0.2, -0.15) is 0 Å². The average Bonchev–Trinajstić information content (AvgIpc) is 2.68. The molecular weight excluding hydrogens is 263 g/mol. The minimum Gasteiger partial charge on any atom is -0.478 e. The minimum absolute atomic E-state index is 0.0192. The molecule has 0 bridgehead atoms. The number of rotatable bonds is 2. The van der Waals surface area contributed by atoms with E-state index in [-0.39, 0.29) is 11.7 Å². The lowest BCUT2D eigenvalue weighted by Crippen LogP contribution is -2.37. The summed E-state index contributed by atoms with van der Waals surface area (Å²) in [5.74, 6) is -1.86. The van der Waals surface area contributed by atoms with E-state index in [1.54, 1.807) is 4.90 Å². The van der Waals surface area contributed by atoms with Crippen molar-refractivity contribution < 1.29 is 19.1 Å². The van der Waals surface area contributed by atoms with Gasteiger partial charge in [-0.15, -0.1) is 0 Å². The zero-order valence-corrected chi connectivity index (χ0v) is 11.4. The molecule has 2 atom stereocenters. The van der Waals surface area contributed by atoms with Gasteiger partial charge in [0.15, 0.2) is 0 Å². The predicted octanol–water partition coefficient (Wildman–Crippen LogP) is 2.79. The summed E-state index contributed by atoms with van der Waals surface area (Å²) in [7, 11) is 0. The van der Waals surface area contributed by atoms with Gasteiger partial charge in [-0.3, -0.25) is 0 Å². The molecule has 1 saturated heterocycles. The van der Waals surface area contributed by atoms with Crippen molar-refractivity contribution in [3.63, 3.8) is 0 Å². The van der Waals surface area contributed by atoms with Crippen LogP contribution in [0.4, 0.5) is 14.9 Å². The van der Waals surface area contributed by atoms with Crippen LogP contribution < -0.4 is 5.32 Å². The summed E-state index contributed by atoms with van der Waals surface area (Å²) in [5.41, 5.74) is -0.532. The van der Waals surface area contributed by atoms with Crippen molar-refractivity contribution in [2.24, 2.45) is 5.92 Å². The van der Waals surface area contributed by atoms with Crippen molar-refractivity contribution in [2.45, 2.75) is 26.3 Å². The molecule has 0 radical (unpaired) electrons. The molecule has 2 rings (SSSR count). The van der Waals surface area contributed by atoms with Gasteiger partial charge in [0.1, 0.15) is 11.4 Å². The van der Waals surface area contributed by atoms with Crippen LogP contribution in [0.5, 0.6) is 0 Å². The number of likely N-dealkylation sites (tertiary alicyclic amines) is 1. The van der Waals surface area contributed by atoms with E-state index < -0.39 is 23.4 Å². The molecule has 1 heterocycles. The van der Waals surface area contributed by atoms with Crippen LogP contribution in [0.25, 0.3) is 0 Å². The van der Waals surface area contributed by atoms with E-state index in [2.05, 4.69) is 12.2 Å². The summed E-state index contributed by atoms with van der Waals surface area (Å²) in [6.45, 7) is 4.60. The molecular formula is C14H17FN2O3. The molecule has 2 amide bonds. The summed E-state index contributed by atoms with van der Waals surface area (Å²) in [4.78, 5) is 24.9. The molecule has 1 aromatic carbocycles. The second kappa shape index (κ2) is 5.48. The van der Waals surface area contributed by atoms with Gasteiger partial charge in [0, 0.05) is 12.6 Å². The summed E-state index contributed by atoms with van der Waals surface area (Å²) < 4.78 is 13.5. The highest BCUT2D eigenvalue weighted by Gasteiger charge is 2.30. The Kier molecular flexibility index (Phi) is 3.92. The Labute approximate surface area is 116 Å². The van der Waals surface area contributed by atoms with E-state index in [9.17, 15) is 14.0 Å². The number of carbonyl (C=O) groups is 2. The molecule has 0 saturated carbocycles. The number of nitrogens with zero attached hydrogens (tertiary/aromatic N) is 1. The zero-order chi connectivity index (χ0) is 14.9. The summed E-state index contributed by atoms with van der Waals surface area (Å²) in [6.07, 6.45) is 0.905. The standard InChI is InChI=1S/C14H17FN2O3/c1-8-6-9(2)17(7-8)14(20)16-11-5-3-4-10(15)12(11)13(18)19/h3-5,8-9H,6-7H2,1-2H3,(H,16,20)(H,18,19). The Balaban J connectivity index is 2.20. The van der Waals surface area contributed by atoms with Gasteiger partial charge in [-0.05, 0) is 31.4 Å². The molecule has 0 aromatic heterocycles. The highest BCUT2D eigenvalue weighted by atomic mass is 19.1. The predicted molar refractivity (Wildman–Crippen MR) is 72.3 cm³/mol. The Morgan fingerprint density at radius 2 is 2.10 bits per heavy atom. The second-order valence-electron chi connectivity index (χ2n) is 5.24. The van der Waals surface area contributed by atoms with Gasteiger partial charge in [0.25, 0.3) is 0 Å². The smallest absolute Gasteiger partial charge is 0.340 e. The lowest BCUT2D eigenvalue weighted by molar-refractivity contribution is 0.0693. The van der Waals surface area contributed by atoms with Crippen molar-refractivity contribution in [1.82, 2.24) is 4.90 Å². The molecule has 20 heavy (non-hydrogen) atoms. The number of anilines is 1. The molecule has 1 aliphatic heterocycles. The quantitative estimate of drug-likeness (QED) is 0.875. The number of nitrogens with one attached hydrogen (secondary N) is 1. The second-order valence-corrected chi connectivity index (χ2v) is 5.24. The number of benzene rings is 1. The number of carbonyl (C=O) groups excluding carboxylic acids is 1. The van der Waals surface area contributed by atoms with E-state index in [0.717, 1.165) is 12.5 Å². The number of hydrogen-bond acceptors (Lipinski definition) is 2. The van der Waals surface area contributed by atoms with Crippen LogP contribution in [0.1, 0.15) is 30.6 Å². The van der Waals surface area contributed by atoms with Crippen LogP contribution >= 0.6 is 0 Å². The summed E-state index contributed by atoms with van der Waals surface area (Å²) in [6, 6.07) is 3.50. The fourth-order valence-electron chi connectivity index (χ4n) is 2.62. The van der Waals surface area contributed by atoms with Crippen LogP contribution in [-0.4, -0.2) is 34.6 Å². The number of halogens is 1. The monoisotopic (exact) mass is 280 g/mol. The molecule has 0 aliphatic carbocycles. The van der Waals surface area contributed by atoms with E-state index >= 15 is 0 Å². The minimum atomic E-state index is -1.40. The van der Waals surface area contributed by atoms with Gasteiger partial charge in [0.2, 0.25) is 0 Å². The molecule has 1 fully saturated rings. The third kappa shape index (κ3) is 2.74. The Morgan fingerprint density at radius 1 is 1.40 bits per heavy atom. The maximum Gasteiger partial charge on any atom is 0.340 e. The fourth-order valence-corrected chi connectivity index (χ4v) is 2.62. The van der Waals surface area contributed by atoms with Gasteiger partial charge in [0.05, 0.1) is 5.69 Å². The van der Waals surface area contributed by atoms with E-state index in [4.69, 9.17) is 5.11 Å². The van der Waals surface area contributed by atoms with Gasteiger partial charge in [-0.25, -0.2) is 14.0 Å². The maximum atomic E-state index is 13.5. The van der Waals surface area contributed by atoms with E-state index in [1.165, 1.54) is 12.1 Å². The van der Waals surface area contributed by atoms with Crippen LogP contribution in [0, 0.1) is 11.7 Å². The Hall–Kier alpha value is -2.11. The summed E-state index contributed by atoms with van der Waals surface area (Å²) >= 11 is 0. The number of urea groups is 1. The van der Waals surface area contributed by atoms with Crippen LogP contribution in [0.2, 0.25) is 0 Å².